The average Bonchev–Trinajstić information content (AvgIpc) is 2.82. The van der Waals surface area contributed by atoms with Crippen LogP contribution >= 0.6 is 0 Å². The molecule has 0 heterocycles. The van der Waals surface area contributed by atoms with Gasteiger partial charge in [-0.05, 0) is 42.7 Å². The fraction of sp³-hybridized carbons (Fsp3) is 0.321. The lowest BCUT2D eigenvalue weighted by Gasteiger charge is -2.25. The predicted molar refractivity (Wildman–Crippen MR) is 135 cm³/mol. The second kappa shape index (κ2) is 11.5. The smallest absolute Gasteiger partial charge is 0.408 e. The number of methoxy groups -OCH3 is 1. The fourth-order valence-electron chi connectivity index (χ4n) is 3.81. The lowest BCUT2D eigenvalue weighted by atomic mass is 9.98. The number of hydrogen-bond acceptors (Lipinski definition) is 5. The summed E-state index contributed by atoms with van der Waals surface area (Å²) in [7, 11) is 1.28. The van der Waals surface area contributed by atoms with Crippen LogP contribution < -0.4 is 10.6 Å². The van der Waals surface area contributed by atoms with Gasteiger partial charge in [0.1, 0.15) is 17.7 Å². The lowest BCUT2D eigenvalue weighted by Crippen LogP contribution is -2.53. The maximum Gasteiger partial charge on any atom is 0.408 e. The van der Waals surface area contributed by atoms with Gasteiger partial charge in [-0.1, -0.05) is 72.8 Å². The van der Waals surface area contributed by atoms with Crippen molar-refractivity contribution in [2.24, 2.45) is 0 Å². The molecule has 0 aromatic heterocycles. The average molecular weight is 477 g/mol. The molecule has 35 heavy (non-hydrogen) atoms. The molecule has 0 aliphatic carbocycles. The number of nitrogens with one attached hydrogen (secondary N) is 2. The minimum atomic E-state index is -0.952. The number of rotatable bonds is 8. The maximum absolute atomic E-state index is 13.3. The van der Waals surface area contributed by atoms with Gasteiger partial charge in [0.25, 0.3) is 0 Å². The molecule has 0 fully saturated rings. The van der Waals surface area contributed by atoms with Crippen molar-refractivity contribution in [2.75, 3.05) is 7.11 Å². The Bertz CT molecular complexity index is 1170. The molecule has 7 nitrogen and oxygen atoms in total. The van der Waals surface area contributed by atoms with E-state index >= 15 is 0 Å². The van der Waals surface area contributed by atoms with E-state index in [2.05, 4.69) is 10.6 Å². The van der Waals surface area contributed by atoms with Crippen LogP contribution in [0.25, 0.3) is 10.8 Å². The molecule has 0 bridgehead atoms. The van der Waals surface area contributed by atoms with Crippen LogP contribution in [0, 0.1) is 0 Å². The van der Waals surface area contributed by atoms with Gasteiger partial charge >= 0.3 is 12.1 Å². The molecule has 7 heteroatoms. The second-order valence-electron chi connectivity index (χ2n) is 9.32. The molecule has 0 spiro atoms. The van der Waals surface area contributed by atoms with Gasteiger partial charge in [0.05, 0.1) is 7.11 Å². The van der Waals surface area contributed by atoms with Crippen molar-refractivity contribution in [2.45, 2.75) is 51.3 Å². The standard InChI is InChI=1S/C28H32N2O5/c1-28(2,3)35-27(33)30-23(17-19-11-6-5-7-12-19)25(31)29-24(26(32)34-4)18-21-15-10-14-20-13-8-9-16-22(20)21/h5-16,23-24H,17-18H2,1-4H3,(H,29,31)(H,30,33). The van der Waals surface area contributed by atoms with Crippen LogP contribution in [0.4, 0.5) is 4.79 Å². The zero-order valence-corrected chi connectivity index (χ0v) is 20.5. The highest BCUT2D eigenvalue weighted by atomic mass is 16.6. The Morgan fingerprint density at radius 3 is 2.14 bits per heavy atom. The third-order valence-electron chi connectivity index (χ3n) is 5.40. The Morgan fingerprint density at radius 1 is 0.800 bits per heavy atom. The van der Waals surface area contributed by atoms with Crippen molar-refractivity contribution in [3.63, 3.8) is 0 Å². The van der Waals surface area contributed by atoms with Crippen LogP contribution in [0.5, 0.6) is 0 Å². The van der Waals surface area contributed by atoms with E-state index in [1.165, 1.54) is 7.11 Å². The molecule has 0 aliphatic rings. The number of carbonyl (C=O) groups is 3. The molecule has 3 rings (SSSR count). The summed E-state index contributed by atoms with van der Waals surface area (Å²) in [5.74, 6) is -1.07. The zero-order valence-electron chi connectivity index (χ0n) is 20.5. The van der Waals surface area contributed by atoms with Gasteiger partial charge in [-0.25, -0.2) is 9.59 Å². The topological polar surface area (TPSA) is 93.7 Å². The molecular formula is C28H32N2O5. The molecule has 3 aromatic rings. The number of amides is 2. The quantitative estimate of drug-likeness (QED) is 0.476. The summed E-state index contributed by atoms with van der Waals surface area (Å²) in [6, 6.07) is 21.1. The number of carbonyl (C=O) groups excluding carboxylic acids is 3. The fourth-order valence-corrected chi connectivity index (χ4v) is 3.81. The van der Waals surface area contributed by atoms with Crippen LogP contribution in [0.1, 0.15) is 31.9 Å². The van der Waals surface area contributed by atoms with E-state index in [0.29, 0.717) is 0 Å². The molecule has 2 amide bonds. The minimum Gasteiger partial charge on any atom is -0.467 e. The van der Waals surface area contributed by atoms with Crippen LogP contribution in [0.3, 0.4) is 0 Å². The molecule has 0 saturated carbocycles. The van der Waals surface area contributed by atoms with Crippen LogP contribution in [-0.4, -0.2) is 42.8 Å². The Balaban J connectivity index is 1.83. The van der Waals surface area contributed by atoms with Gasteiger partial charge in [0.2, 0.25) is 5.91 Å². The molecule has 0 saturated heterocycles. The summed E-state index contributed by atoms with van der Waals surface area (Å²) < 4.78 is 10.3. The number of fused-ring (bicyclic) bond motifs is 1. The molecule has 0 aliphatic heterocycles. The first-order valence-electron chi connectivity index (χ1n) is 11.5. The summed E-state index contributed by atoms with van der Waals surface area (Å²) >= 11 is 0. The van der Waals surface area contributed by atoms with Crippen molar-refractivity contribution < 1.29 is 23.9 Å². The van der Waals surface area contributed by atoms with Crippen molar-refractivity contribution in [1.82, 2.24) is 10.6 Å². The number of benzene rings is 3. The molecular weight excluding hydrogens is 444 g/mol. The minimum absolute atomic E-state index is 0.230. The summed E-state index contributed by atoms with van der Waals surface area (Å²) in [4.78, 5) is 38.4. The van der Waals surface area contributed by atoms with E-state index in [1.807, 2.05) is 72.8 Å². The number of alkyl carbamates (subject to hydrolysis) is 1. The molecule has 2 unspecified atom stereocenters. The molecule has 0 radical (unpaired) electrons. The zero-order chi connectivity index (χ0) is 25.4. The molecule has 184 valence electrons. The summed E-state index contributed by atoms with van der Waals surface area (Å²) in [6.07, 6.45) is -0.240. The highest BCUT2D eigenvalue weighted by molar-refractivity contribution is 5.91. The summed E-state index contributed by atoms with van der Waals surface area (Å²) in [5, 5.41) is 7.47. The van der Waals surface area contributed by atoms with Gasteiger partial charge < -0.3 is 20.1 Å². The van der Waals surface area contributed by atoms with Crippen molar-refractivity contribution in [1.29, 1.82) is 0 Å². The first-order valence-corrected chi connectivity index (χ1v) is 11.5. The Morgan fingerprint density at radius 2 is 1.46 bits per heavy atom. The lowest BCUT2D eigenvalue weighted by molar-refractivity contribution is -0.145. The highest BCUT2D eigenvalue weighted by Crippen LogP contribution is 2.20. The SMILES string of the molecule is COC(=O)C(Cc1cccc2ccccc12)NC(=O)C(Cc1ccccc1)NC(=O)OC(C)(C)C. The van der Waals surface area contributed by atoms with E-state index in [-0.39, 0.29) is 12.8 Å². The van der Waals surface area contributed by atoms with Crippen LogP contribution in [0.2, 0.25) is 0 Å². The van der Waals surface area contributed by atoms with Crippen LogP contribution in [0.15, 0.2) is 72.8 Å². The number of ether oxygens (including phenoxy) is 2. The Hall–Kier alpha value is -3.87. The summed E-state index contributed by atoms with van der Waals surface area (Å²) in [5.41, 5.74) is 1.03. The molecule has 2 N–H and O–H groups in total. The van der Waals surface area contributed by atoms with E-state index in [1.54, 1.807) is 20.8 Å². The van der Waals surface area contributed by atoms with Gasteiger partial charge in [-0.2, -0.15) is 0 Å². The summed E-state index contributed by atoms with van der Waals surface area (Å²) in [6.45, 7) is 5.24. The van der Waals surface area contributed by atoms with Crippen LogP contribution in [-0.2, 0) is 31.9 Å². The predicted octanol–water partition coefficient (Wildman–Crippen LogP) is 4.18. The normalized spacial score (nSPS) is 12.9. The van der Waals surface area contributed by atoms with Crippen molar-refractivity contribution in [3.8, 4) is 0 Å². The Labute approximate surface area is 205 Å². The Kier molecular flexibility index (Phi) is 8.47. The monoisotopic (exact) mass is 476 g/mol. The van der Waals surface area contributed by atoms with Gasteiger partial charge in [0, 0.05) is 12.8 Å². The number of esters is 1. The third kappa shape index (κ3) is 7.57. The maximum atomic E-state index is 13.3. The largest absolute Gasteiger partial charge is 0.467 e. The third-order valence-corrected chi connectivity index (χ3v) is 5.40. The van der Waals surface area contributed by atoms with E-state index in [9.17, 15) is 14.4 Å². The van der Waals surface area contributed by atoms with E-state index in [4.69, 9.17) is 9.47 Å². The molecule has 3 aromatic carbocycles. The van der Waals surface area contributed by atoms with Crippen molar-refractivity contribution >= 4 is 28.7 Å². The van der Waals surface area contributed by atoms with Gasteiger partial charge in [-0.3, -0.25) is 4.79 Å². The number of hydrogen-bond donors (Lipinski definition) is 2. The van der Waals surface area contributed by atoms with E-state index < -0.39 is 35.7 Å². The first-order chi connectivity index (χ1) is 16.7. The van der Waals surface area contributed by atoms with Crippen molar-refractivity contribution in [3.05, 3.63) is 83.9 Å². The second-order valence-corrected chi connectivity index (χ2v) is 9.32. The first kappa shape index (κ1) is 25.7. The highest BCUT2D eigenvalue weighted by Gasteiger charge is 2.29. The van der Waals surface area contributed by atoms with Gasteiger partial charge in [0.15, 0.2) is 0 Å². The van der Waals surface area contributed by atoms with Gasteiger partial charge in [-0.15, -0.1) is 0 Å². The van der Waals surface area contributed by atoms with E-state index in [0.717, 1.165) is 21.9 Å². The molecule has 2 atom stereocenters.